The predicted octanol–water partition coefficient (Wildman–Crippen LogP) is 5.38. The normalized spacial score (nSPS) is 11.3. The molecule has 3 aromatic rings. The fraction of sp³-hybridized carbons (Fsp3) is 0.458. The lowest BCUT2D eigenvalue weighted by molar-refractivity contribution is -0.645. The Morgan fingerprint density at radius 3 is 1.67 bits per heavy atom. The molecule has 27 heavy (non-hydrogen) atoms. The van der Waals surface area contributed by atoms with Gasteiger partial charge in [0.2, 0.25) is 11.0 Å². The second-order valence-electron chi connectivity index (χ2n) is 7.99. The zero-order valence-corrected chi connectivity index (χ0v) is 17.6. The first kappa shape index (κ1) is 19.5. The van der Waals surface area contributed by atoms with E-state index in [1.165, 1.54) is 65.3 Å². The zero-order chi connectivity index (χ0) is 19.4. The van der Waals surface area contributed by atoms with E-state index in [9.17, 15) is 0 Å². The minimum absolute atomic E-state index is 1.07. The van der Waals surface area contributed by atoms with E-state index in [2.05, 4.69) is 91.9 Å². The highest BCUT2D eigenvalue weighted by Gasteiger charge is 2.17. The Morgan fingerprint density at radius 2 is 1.19 bits per heavy atom. The summed E-state index contributed by atoms with van der Waals surface area (Å²) in [5, 5.41) is 2.64. The Hall–Kier alpha value is -2.29. The summed E-state index contributed by atoms with van der Waals surface area (Å²) in [5.41, 5.74) is 5.18. The molecule has 0 aliphatic rings. The van der Waals surface area contributed by atoms with Crippen LogP contribution in [0, 0.1) is 0 Å². The number of hydrogen-bond acceptors (Lipinski definition) is 2. The van der Waals surface area contributed by atoms with Crippen LogP contribution in [-0.2, 0) is 6.54 Å². The lowest BCUT2D eigenvalue weighted by Crippen LogP contribution is -2.36. The summed E-state index contributed by atoms with van der Waals surface area (Å²) in [6.45, 7) is 3.35. The molecule has 3 rings (SSSR count). The molecule has 0 aliphatic carbocycles. The number of anilines is 2. The fourth-order valence-electron chi connectivity index (χ4n) is 3.74. The van der Waals surface area contributed by atoms with E-state index >= 15 is 0 Å². The lowest BCUT2D eigenvalue weighted by atomic mass is 10.1. The van der Waals surface area contributed by atoms with Crippen LogP contribution in [0.2, 0.25) is 0 Å². The van der Waals surface area contributed by atoms with Gasteiger partial charge in [-0.15, -0.1) is 0 Å². The molecule has 1 aromatic heterocycles. The van der Waals surface area contributed by atoms with Gasteiger partial charge in [-0.3, -0.25) is 0 Å². The lowest BCUT2D eigenvalue weighted by Gasteiger charge is -2.15. The van der Waals surface area contributed by atoms with Crippen LogP contribution >= 0.6 is 0 Å². The maximum atomic E-state index is 2.54. The second-order valence-corrected chi connectivity index (χ2v) is 7.99. The van der Waals surface area contributed by atoms with E-state index < -0.39 is 0 Å². The molecular weight excluding hydrogens is 330 g/mol. The summed E-state index contributed by atoms with van der Waals surface area (Å²) in [7, 11) is 8.45. The Bertz CT molecular complexity index is 846. The topological polar surface area (TPSA) is 10.4 Å². The molecule has 0 saturated heterocycles. The molecule has 2 aromatic carbocycles. The van der Waals surface area contributed by atoms with E-state index in [0.29, 0.717) is 0 Å². The molecule has 0 unspecified atom stereocenters. The summed E-state index contributed by atoms with van der Waals surface area (Å²) < 4.78 is 2.54. The quantitative estimate of drug-likeness (QED) is 0.302. The molecule has 0 bridgehead atoms. The summed E-state index contributed by atoms with van der Waals surface area (Å²) in [6.07, 6.45) is 6.52. The first-order chi connectivity index (χ1) is 13.0. The third-order valence-electron chi connectivity index (χ3n) is 5.44. The van der Waals surface area contributed by atoms with Crippen molar-refractivity contribution in [3.8, 4) is 0 Å². The molecule has 0 fully saturated rings. The fourth-order valence-corrected chi connectivity index (χ4v) is 3.74. The van der Waals surface area contributed by atoms with Crippen molar-refractivity contribution in [3.05, 3.63) is 42.5 Å². The van der Waals surface area contributed by atoms with Crippen molar-refractivity contribution in [3.63, 3.8) is 0 Å². The number of hydrogen-bond donors (Lipinski definition) is 0. The third-order valence-corrected chi connectivity index (χ3v) is 5.44. The van der Waals surface area contributed by atoms with Gasteiger partial charge < -0.3 is 9.80 Å². The molecule has 0 radical (unpaired) electrons. The molecule has 0 saturated carbocycles. The summed E-state index contributed by atoms with van der Waals surface area (Å²) in [6, 6.07) is 16.0. The predicted molar refractivity (Wildman–Crippen MR) is 119 cm³/mol. The van der Waals surface area contributed by atoms with E-state index in [0.717, 1.165) is 6.54 Å². The van der Waals surface area contributed by atoms with Gasteiger partial charge in [0, 0.05) is 68.9 Å². The van der Waals surface area contributed by atoms with Crippen LogP contribution in [0.1, 0.15) is 39.0 Å². The molecular formula is C24H34N3+. The summed E-state index contributed by atoms with van der Waals surface area (Å²) >= 11 is 0. The highest BCUT2D eigenvalue weighted by molar-refractivity contribution is 5.91. The largest absolute Gasteiger partial charge is 0.377 e. The van der Waals surface area contributed by atoms with Gasteiger partial charge in [-0.2, -0.15) is 4.57 Å². The average molecular weight is 365 g/mol. The Morgan fingerprint density at radius 1 is 0.667 bits per heavy atom. The summed E-state index contributed by atoms with van der Waals surface area (Å²) in [5.74, 6) is 0. The smallest absolute Gasteiger partial charge is 0.215 e. The van der Waals surface area contributed by atoms with E-state index in [4.69, 9.17) is 0 Å². The van der Waals surface area contributed by atoms with Crippen molar-refractivity contribution in [2.24, 2.45) is 0 Å². The molecule has 0 amide bonds. The number of pyridine rings is 1. The van der Waals surface area contributed by atoms with Gasteiger partial charge >= 0.3 is 0 Å². The molecule has 1 heterocycles. The first-order valence-electron chi connectivity index (χ1n) is 10.3. The van der Waals surface area contributed by atoms with E-state index in [1.54, 1.807) is 0 Å². The maximum absolute atomic E-state index is 2.54. The minimum atomic E-state index is 1.07. The van der Waals surface area contributed by atoms with Gasteiger partial charge in [0.1, 0.15) is 6.54 Å². The van der Waals surface area contributed by atoms with Gasteiger partial charge in [-0.05, 0) is 36.8 Å². The van der Waals surface area contributed by atoms with Crippen LogP contribution in [0.25, 0.3) is 21.8 Å². The van der Waals surface area contributed by atoms with E-state index in [-0.39, 0.29) is 0 Å². The minimum Gasteiger partial charge on any atom is -0.377 e. The third kappa shape index (κ3) is 4.35. The van der Waals surface area contributed by atoms with Crippen molar-refractivity contribution in [2.45, 2.75) is 45.6 Å². The number of nitrogens with zero attached hydrogens (tertiary/aromatic N) is 3. The summed E-state index contributed by atoms with van der Waals surface area (Å²) in [4.78, 5) is 4.37. The number of unbranched alkanes of at least 4 members (excludes halogenated alkanes) is 4. The second kappa shape index (κ2) is 8.60. The molecule has 0 spiro atoms. The maximum Gasteiger partial charge on any atom is 0.215 e. The van der Waals surface area contributed by atoms with Crippen molar-refractivity contribution in [1.82, 2.24) is 0 Å². The van der Waals surface area contributed by atoms with Crippen LogP contribution in [0.15, 0.2) is 42.5 Å². The van der Waals surface area contributed by atoms with Gasteiger partial charge in [-0.25, -0.2) is 0 Å². The van der Waals surface area contributed by atoms with E-state index in [1.807, 2.05) is 0 Å². The molecule has 144 valence electrons. The number of aryl methyl sites for hydroxylation is 1. The monoisotopic (exact) mass is 364 g/mol. The van der Waals surface area contributed by atoms with Gasteiger partial charge in [-0.1, -0.05) is 26.2 Å². The number of rotatable bonds is 8. The van der Waals surface area contributed by atoms with Crippen LogP contribution in [-0.4, -0.2) is 28.2 Å². The highest BCUT2D eigenvalue weighted by Crippen LogP contribution is 2.25. The van der Waals surface area contributed by atoms with Crippen LogP contribution in [0.3, 0.4) is 0 Å². The molecule has 0 N–H and O–H groups in total. The van der Waals surface area contributed by atoms with Crippen LogP contribution < -0.4 is 14.4 Å². The zero-order valence-electron chi connectivity index (χ0n) is 17.6. The SMILES string of the molecule is CCCCCCC[n+]1c2cc(N(C)C)ccc2cc2ccc(N(C)C)cc21. The molecule has 0 aliphatic heterocycles. The standard InChI is InChI=1S/C24H34N3/c1-6-7-8-9-10-15-27-23-17-21(25(2)3)13-11-19(23)16-20-12-14-22(26(4)5)18-24(20)27/h11-14,16-18H,6-10,15H2,1-5H3/q+1. The molecule has 0 atom stereocenters. The molecule has 3 heteroatoms. The number of fused-ring (bicyclic) bond motifs is 2. The van der Waals surface area contributed by atoms with Crippen molar-refractivity contribution in [2.75, 3.05) is 38.0 Å². The number of benzene rings is 2. The van der Waals surface area contributed by atoms with Crippen molar-refractivity contribution < 1.29 is 4.57 Å². The highest BCUT2D eigenvalue weighted by atomic mass is 15.1. The Labute approximate surface area is 164 Å². The average Bonchev–Trinajstić information content (AvgIpc) is 2.66. The van der Waals surface area contributed by atoms with Crippen LogP contribution in [0.4, 0.5) is 11.4 Å². The van der Waals surface area contributed by atoms with Crippen molar-refractivity contribution >= 4 is 33.2 Å². The van der Waals surface area contributed by atoms with Gasteiger partial charge in [0.15, 0.2) is 0 Å². The number of aromatic nitrogens is 1. The van der Waals surface area contributed by atoms with Crippen molar-refractivity contribution in [1.29, 1.82) is 0 Å². The Balaban J connectivity index is 2.11. The van der Waals surface area contributed by atoms with Gasteiger partial charge in [0.05, 0.1) is 0 Å². The van der Waals surface area contributed by atoms with Gasteiger partial charge in [0.25, 0.3) is 0 Å². The van der Waals surface area contributed by atoms with Crippen LogP contribution in [0.5, 0.6) is 0 Å². The Kier molecular flexibility index (Phi) is 6.20. The molecule has 3 nitrogen and oxygen atoms in total. The first-order valence-corrected chi connectivity index (χ1v) is 10.3.